The van der Waals surface area contributed by atoms with Gasteiger partial charge < -0.3 is 23.7 Å². The smallest absolute Gasteiger partial charge is 0.190 e. The van der Waals surface area contributed by atoms with Crippen LogP contribution in [0.2, 0.25) is 0 Å². The number of fused-ring (bicyclic) bond motifs is 3. The average Bonchev–Trinajstić information content (AvgIpc) is 2.62. The molecule has 0 aromatic heterocycles. The van der Waals surface area contributed by atoms with E-state index in [-0.39, 0.29) is 30.7 Å². The molecule has 0 saturated carbocycles. The summed E-state index contributed by atoms with van der Waals surface area (Å²) in [6.07, 6.45) is -0.850. The van der Waals surface area contributed by atoms with E-state index in [0.717, 1.165) is 0 Å². The van der Waals surface area contributed by atoms with Crippen LogP contribution in [0, 0.1) is 0 Å². The molecule has 3 rings (SSSR count). The first-order valence-electron chi connectivity index (χ1n) is 6.14. The standard InChI is InChI=1S/C12H20O5/c1-6-7-8(15-11(2,3)14-7)9-10(13-6)17-12(4,5)16-9/h6-10H,1-5H3/t6-,7+,8+,9-,10-/m0/s1. The van der Waals surface area contributed by atoms with Gasteiger partial charge in [0.2, 0.25) is 0 Å². The van der Waals surface area contributed by atoms with Gasteiger partial charge in [0.1, 0.15) is 18.3 Å². The SMILES string of the molecule is C[C@@H]1O[C@H]2OC(C)(C)O[C@H]2[C@@H]2OC(C)(C)O[C@@H]21. The maximum atomic E-state index is 5.92. The van der Waals surface area contributed by atoms with E-state index in [1.807, 2.05) is 34.6 Å². The highest BCUT2D eigenvalue weighted by atomic mass is 16.9. The summed E-state index contributed by atoms with van der Waals surface area (Å²) in [5.41, 5.74) is 0. The summed E-state index contributed by atoms with van der Waals surface area (Å²) in [5.74, 6) is -1.21. The molecule has 5 heteroatoms. The third-order valence-corrected chi connectivity index (χ3v) is 3.39. The van der Waals surface area contributed by atoms with Crippen molar-refractivity contribution < 1.29 is 23.7 Å². The highest BCUT2D eigenvalue weighted by Gasteiger charge is 2.59. The van der Waals surface area contributed by atoms with Gasteiger partial charge in [-0.05, 0) is 34.6 Å². The van der Waals surface area contributed by atoms with Crippen LogP contribution in [-0.2, 0) is 23.7 Å². The molecule has 0 aliphatic carbocycles. The summed E-state index contributed by atoms with van der Waals surface area (Å²) in [5, 5.41) is 0. The van der Waals surface area contributed by atoms with Crippen molar-refractivity contribution in [2.75, 3.05) is 0 Å². The lowest BCUT2D eigenvalue weighted by atomic mass is 10.0. The second-order valence-corrected chi connectivity index (χ2v) is 5.87. The van der Waals surface area contributed by atoms with Crippen molar-refractivity contribution in [1.82, 2.24) is 0 Å². The quantitative estimate of drug-likeness (QED) is 0.644. The monoisotopic (exact) mass is 244 g/mol. The summed E-state index contributed by atoms with van der Waals surface area (Å²) >= 11 is 0. The Balaban J connectivity index is 1.86. The summed E-state index contributed by atoms with van der Waals surface area (Å²) in [4.78, 5) is 0. The minimum atomic E-state index is -0.625. The van der Waals surface area contributed by atoms with Gasteiger partial charge in [-0.3, -0.25) is 0 Å². The van der Waals surface area contributed by atoms with Crippen molar-refractivity contribution in [2.45, 2.75) is 76.9 Å². The molecule has 0 radical (unpaired) electrons. The van der Waals surface area contributed by atoms with Crippen molar-refractivity contribution in [3.63, 3.8) is 0 Å². The Hall–Kier alpha value is -0.200. The minimum Gasteiger partial charge on any atom is -0.344 e. The van der Waals surface area contributed by atoms with Gasteiger partial charge in [0, 0.05) is 0 Å². The van der Waals surface area contributed by atoms with Crippen molar-refractivity contribution in [2.24, 2.45) is 0 Å². The Kier molecular flexibility index (Phi) is 2.39. The molecule has 3 aliphatic heterocycles. The van der Waals surface area contributed by atoms with Crippen LogP contribution in [0.1, 0.15) is 34.6 Å². The summed E-state index contributed by atoms with van der Waals surface area (Å²) < 4.78 is 29.2. The second-order valence-electron chi connectivity index (χ2n) is 5.87. The van der Waals surface area contributed by atoms with E-state index in [1.54, 1.807) is 0 Å². The molecule has 17 heavy (non-hydrogen) atoms. The van der Waals surface area contributed by atoms with E-state index in [2.05, 4.69) is 0 Å². The molecule has 0 amide bonds. The third kappa shape index (κ3) is 1.90. The van der Waals surface area contributed by atoms with Gasteiger partial charge in [-0.1, -0.05) is 0 Å². The van der Waals surface area contributed by atoms with Crippen LogP contribution in [0.4, 0.5) is 0 Å². The first-order valence-corrected chi connectivity index (χ1v) is 6.14. The third-order valence-electron chi connectivity index (χ3n) is 3.39. The zero-order chi connectivity index (χ0) is 12.4. The Morgan fingerprint density at radius 1 is 0.706 bits per heavy atom. The predicted molar refractivity (Wildman–Crippen MR) is 58.2 cm³/mol. The van der Waals surface area contributed by atoms with E-state index in [0.29, 0.717) is 0 Å². The highest BCUT2D eigenvalue weighted by Crippen LogP contribution is 2.43. The van der Waals surface area contributed by atoms with E-state index in [1.165, 1.54) is 0 Å². The molecule has 98 valence electrons. The van der Waals surface area contributed by atoms with Gasteiger partial charge in [-0.25, -0.2) is 0 Å². The molecule has 0 N–H and O–H groups in total. The number of hydrogen-bond donors (Lipinski definition) is 0. The maximum Gasteiger partial charge on any atom is 0.190 e. The van der Waals surface area contributed by atoms with E-state index >= 15 is 0 Å². The maximum absolute atomic E-state index is 5.92. The fraction of sp³-hybridized carbons (Fsp3) is 1.00. The van der Waals surface area contributed by atoms with Crippen LogP contribution in [-0.4, -0.2) is 42.3 Å². The Labute approximate surface area is 101 Å². The second kappa shape index (κ2) is 3.42. The van der Waals surface area contributed by atoms with Crippen LogP contribution < -0.4 is 0 Å². The first kappa shape index (κ1) is 11.9. The van der Waals surface area contributed by atoms with Crippen molar-refractivity contribution in [3.8, 4) is 0 Å². The van der Waals surface area contributed by atoms with Crippen LogP contribution in [0.15, 0.2) is 0 Å². The molecule has 0 unspecified atom stereocenters. The number of hydrogen-bond acceptors (Lipinski definition) is 5. The molecule has 0 aromatic carbocycles. The Bertz CT molecular complexity index is 327. The summed E-state index contributed by atoms with van der Waals surface area (Å²) in [6.45, 7) is 9.57. The molecule has 3 heterocycles. The fourth-order valence-electron chi connectivity index (χ4n) is 2.81. The molecule has 0 spiro atoms. The normalized spacial score (nSPS) is 51.0. The number of rotatable bonds is 0. The Morgan fingerprint density at radius 2 is 1.24 bits per heavy atom. The molecule has 3 aliphatic rings. The largest absolute Gasteiger partial charge is 0.344 e. The lowest BCUT2D eigenvalue weighted by Crippen LogP contribution is -2.53. The number of ether oxygens (including phenoxy) is 5. The topological polar surface area (TPSA) is 46.2 Å². The van der Waals surface area contributed by atoms with Gasteiger partial charge in [-0.15, -0.1) is 0 Å². The van der Waals surface area contributed by atoms with Gasteiger partial charge in [0.25, 0.3) is 0 Å². The minimum absolute atomic E-state index is 0.0551. The molecule has 0 bridgehead atoms. The average molecular weight is 244 g/mol. The van der Waals surface area contributed by atoms with E-state index < -0.39 is 11.6 Å². The molecule has 5 nitrogen and oxygen atoms in total. The zero-order valence-electron chi connectivity index (χ0n) is 10.9. The van der Waals surface area contributed by atoms with E-state index in [9.17, 15) is 0 Å². The molecule has 3 saturated heterocycles. The summed E-state index contributed by atoms with van der Waals surface area (Å²) in [7, 11) is 0. The highest BCUT2D eigenvalue weighted by molar-refractivity contribution is 4.98. The zero-order valence-corrected chi connectivity index (χ0v) is 10.9. The van der Waals surface area contributed by atoms with Crippen LogP contribution in [0.5, 0.6) is 0 Å². The molecular formula is C12H20O5. The van der Waals surface area contributed by atoms with Crippen LogP contribution in [0.3, 0.4) is 0 Å². The van der Waals surface area contributed by atoms with Gasteiger partial charge >= 0.3 is 0 Å². The predicted octanol–water partition coefficient (Wildman–Crippen LogP) is 1.40. The molecule has 0 aromatic rings. The summed E-state index contributed by atoms with van der Waals surface area (Å²) in [6, 6.07) is 0. The molecule has 5 atom stereocenters. The van der Waals surface area contributed by atoms with Crippen LogP contribution >= 0.6 is 0 Å². The van der Waals surface area contributed by atoms with Gasteiger partial charge in [0.15, 0.2) is 17.9 Å². The van der Waals surface area contributed by atoms with Gasteiger partial charge in [0.05, 0.1) is 6.10 Å². The van der Waals surface area contributed by atoms with Crippen molar-refractivity contribution >= 4 is 0 Å². The van der Waals surface area contributed by atoms with Crippen LogP contribution in [0.25, 0.3) is 0 Å². The van der Waals surface area contributed by atoms with Crippen molar-refractivity contribution in [3.05, 3.63) is 0 Å². The van der Waals surface area contributed by atoms with E-state index in [4.69, 9.17) is 23.7 Å². The lowest BCUT2D eigenvalue weighted by molar-refractivity contribution is -0.229. The fourth-order valence-corrected chi connectivity index (χ4v) is 2.81. The lowest BCUT2D eigenvalue weighted by Gasteiger charge is -2.35. The molecule has 3 fully saturated rings. The van der Waals surface area contributed by atoms with Crippen molar-refractivity contribution in [1.29, 1.82) is 0 Å². The Morgan fingerprint density at radius 3 is 1.94 bits per heavy atom. The molecular weight excluding hydrogens is 224 g/mol. The first-order chi connectivity index (χ1) is 7.77. The van der Waals surface area contributed by atoms with Gasteiger partial charge in [-0.2, -0.15) is 0 Å².